The van der Waals surface area contributed by atoms with Gasteiger partial charge in [-0.05, 0) is 19.3 Å². The molecule has 0 unspecified atom stereocenters. The summed E-state index contributed by atoms with van der Waals surface area (Å²) in [4.78, 5) is 111. The Bertz CT molecular complexity index is 1090. The van der Waals surface area contributed by atoms with Crippen LogP contribution >= 0.6 is 0 Å². The predicted molar refractivity (Wildman–Crippen MR) is 147 cm³/mol. The highest BCUT2D eigenvalue weighted by Gasteiger charge is 2.35. The number of aliphatic imine (C=N–C) groups is 1. The molecule has 0 heterocycles. The molecule has 0 fully saturated rings. The highest BCUT2D eigenvalue weighted by atomic mass is 16.4. The predicted octanol–water partition coefficient (Wildman–Crippen LogP) is -4.66. The summed E-state index contributed by atoms with van der Waals surface area (Å²) in [5.41, 5.74) is 10.5. The normalized spacial score (nSPS) is 14.6. The second kappa shape index (κ2) is 19.1. The monoisotopic (exact) mass is 614 g/mol. The van der Waals surface area contributed by atoms with Crippen LogP contribution in [0.3, 0.4) is 0 Å². The van der Waals surface area contributed by atoms with E-state index in [2.05, 4.69) is 26.3 Å². The van der Waals surface area contributed by atoms with E-state index in [1.807, 2.05) is 5.32 Å². The van der Waals surface area contributed by atoms with Gasteiger partial charge in [-0.1, -0.05) is 13.8 Å². The van der Waals surface area contributed by atoms with Gasteiger partial charge in [-0.25, -0.2) is 9.59 Å². The number of guanidine groups is 1. The van der Waals surface area contributed by atoms with Gasteiger partial charge in [-0.3, -0.25) is 33.8 Å². The van der Waals surface area contributed by atoms with Crippen molar-refractivity contribution in [3.63, 3.8) is 0 Å². The fraction of sp³-hybridized carbons (Fsp3) is 0.583. The van der Waals surface area contributed by atoms with Crippen LogP contribution in [0.2, 0.25) is 0 Å². The largest absolute Gasteiger partial charge is 0.480 e. The summed E-state index contributed by atoms with van der Waals surface area (Å²) in [6.45, 7) is 2.37. The number of aliphatic carboxylic acids is 2. The lowest BCUT2D eigenvalue weighted by molar-refractivity contribution is -0.146. The number of hydrogen-bond acceptors (Lipinski definition) is 10. The third-order valence-electron chi connectivity index (χ3n) is 6.12. The van der Waals surface area contributed by atoms with Crippen LogP contribution in [0.15, 0.2) is 4.99 Å². The van der Waals surface area contributed by atoms with Gasteiger partial charge in [0.25, 0.3) is 5.91 Å². The molecule has 0 saturated heterocycles. The van der Waals surface area contributed by atoms with Gasteiger partial charge in [0.15, 0.2) is 5.96 Å². The second-order valence-corrected chi connectivity index (χ2v) is 9.31. The number of carbonyl (C=O) groups excluding carboxylic acids is 7. The maximum absolute atomic E-state index is 13.1. The standard InChI is InChI=1S/C24H38N8O11/c1-11(19(37)30-14(22(40)41)6-7-16(35)27-3)15(9-33)31-21(39)13(5-4-8-28-24(25)26)29-20(38)12(2)18(23(42)43)32-17(36)10-34/h9-15,18H,4-8H2,1-3H3,(H,27,35)(H,29,38)(H,30,37)(H,31,39)(H,32,36)(H,40,41)(H,42,43)(H4,25,26,28)/t11-,12-,13-,14+,15-,18+/m0/s1. The van der Waals surface area contributed by atoms with Crippen molar-refractivity contribution in [3.05, 3.63) is 0 Å². The molecule has 240 valence electrons. The Kier molecular flexibility index (Phi) is 16.8. The molecular formula is C24H38N8O11. The van der Waals surface area contributed by atoms with Crippen LogP contribution in [0, 0.1) is 11.8 Å². The number of amides is 5. The van der Waals surface area contributed by atoms with E-state index in [1.54, 1.807) is 0 Å². The van der Waals surface area contributed by atoms with E-state index in [-0.39, 0.29) is 50.8 Å². The van der Waals surface area contributed by atoms with Crippen LogP contribution in [-0.2, 0) is 43.2 Å². The smallest absolute Gasteiger partial charge is 0.327 e. The molecule has 43 heavy (non-hydrogen) atoms. The minimum absolute atomic E-state index is 0.0211. The summed E-state index contributed by atoms with van der Waals surface area (Å²) in [5.74, 6) is -10.8. The zero-order chi connectivity index (χ0) is 33.3. The third-order valence-corrected chi connectivity index (χ3v) is 6.12. The number of carbonyl (C=O) groups is 9. The molecule has 0 spiro atoms. The van der Waals surface area contributed by atoms with Crippen molar-refractivity contribution >= 4 is 60.0 Å². The second-order valence-electron chi connectivity index (χ2n) is 9.31. The molecule has 19 heteroatoms. The minimum atomic E-state index is -1.83. The summed E-state index contributed by atoms with van der Waals surface area (Å²) in [7, 11) is 1.35. The average Bonchev–Trinajstić information content (AvgIpc) is 2.96. The fourth-order valence-electron chi connectivity index (χ4n) is 3.48. The van der Waals surface area contributed by atoms with Crippen molar-refractivity contribution in [3.8, 4) is 0 Å². The van der Waals surface area contributed by atoms with Crippen molar-refractivity contribution in [2.24, 2.45) is 28.3 Å². The first kappa shape index (κ1) is 37.9. The minimum Gasteiger partial charge on any atom is -0.480 e. The first-order valence-corrected chi connectivity index (χ1v) is 12.9. The molecule has 0 aromatic heterocycles. The van der Waals surface area contributed by atoms with Crippen LogP contribution in [-0.4, -0.2) is 108 Å². The molecule has 0 radical (unpaired) electrons. The number of rotatable bonds is 20. The van der Waals surface area contributed by atoms with E-state index < -0.39 is 77.5 Å². The molecule has 0 saturated carbocycles. The van der Waals surface area contributed by atoms with E-state index in [0.717, 1.165) is 6.92 Å². The summed E-state index contributed by atoms with van der Waals surface area (Å²) in [6, 6.07) is -6.23. The number of nitrogens with zero attached hydrogens (tertiary/aromatic N) is 1. The SMILES string of the molecule is CNC(=O)CC[C@@H](NC(=O)[C@@H](C)[C@H](C=O)NC(=O)[C@H](CCCN=C(N)N)NC(=O)[C@@H](C)[C@@H](NC(=O)C=O)C(=O)O)C(=O)O. The van der Waals surface area contributed by atoms with Crippen molar-refractivity contribution in [1.29, 1.82) is 0 Å². The average molecular weight is 615 g/mol. The van der Waals surface area contributed by atoms with Crippen LogP contribution < -0.4 is 38.1 Å². The number of nitrogens with two attached hydrogens (primary N) is 2. The van der Waals surface area contributed by atoms with Crippen molar-refractivity contribution < 1.29 is 53.4 Å². The molecular weight excluding hydrogens is 576 g/mol. The molecule has 0 aromatic rings. The lowest BCUT2D eigenvalue weighted by Crippen LogP contribution is -2.57. The van der Waals surface area contributed by atoms with Crippen LogP contribution in [0.4, 0.5) is 0 Å². The topological polar surface area (TPSA) is 319 Å². The maximum Gasteiger partial charge on any atom is 0.327 e. The number of aldehydes is 2. The number of hydrogen-bond donors (Lipinski definition) is 9. The van der Waals surface area contributed by atoms with Gasteiger partial charge in [0.2, 0.25) is 29.9 Å². The molecule has 11 N–H and O–H groups in total. The highest BCUT2D eigenvalue weighted by Crippen LogP contribution is 2.10. The van der Waals surface area contributed by atoms with Crippen LogP contribution in [0.25, 0.3) is 0 Å². The Morgan fingerprint density at radius 2 is 1.37 bits per heavy atom. The molecule has 5 amide bonds. The van der Waals surface area contributed by atoms with E-state index in [4.69, 9.17) is 11.5 Å². The van der Waals surface area contributed by atoms with Crippen LogP contribution in [0.5, 0.6) is 0 Å². The van der Waals surface area contributed by atoms with E-state index in [0.29, 0.717) is 0 Å². The Morgan fingerprint density at radius 3 is 1.86 bits per heavy atom. The molecule has 0 aliphatic rings. The fourth-order valence-corrected chi connectivity index (χ4v) is 3.48. The molecule has 0 bridgehead atoms. The van der Waals surface area contributed by atoms with Crippen molar-refractivity contribution in [2.45, 2.75) is 63.7 Å². The zero-order valence-electron chi connectivity index (χ0n) is 23.8. The molecule has 0 aliphatic carbocycles. The quantitative estimate of drug-likeness (QED) is 0.0205. The van der Waals surface area contributed by atoms with Gasteiger partial charge >= 0.3 is 11.9 Å². The lowest BCUT2D eigenvalue weighted by Gasteiger charge is -2.26. The third kappa shape index (κ3) is 13.9. The molecule has 19 nitrogen and oxygen atoms in total. The number of carboxylic acid groups (broad SMARTS) is 2. The van der Waals surface area contributed by atoms with Gasteiger partial charge in [0, 0.05) is 20.0 Å². The van der Waals surface area contributed by atoms with Crippen molar-refractivity contribution in [2.75, 3.05) is 13.6 Å². The molecule has 0 aliphatic heterocycles. The zero-order valence-corrected chi connectivity index (χ0v) is 23.8. The van der Waals surface area contributed by atoms with Gasteiger partial charge in [0.1, 0.15) is 24.4 Å². The number of carboxylic acids is 2. The Balaban J connectivity index is 5.78. The van der Waals surface area contributed by atoms with E-state index in [1.165, 1.54) is 14.0 Å². The molecule has 0 aromatic carbocycles. The van der Waals surface area contributed by atoms with Crippen molar-refractivity contribution in [1.82, 2.24) is 26.6 Å². The summed E-state index contributed by atoms with van der Waals surface area (Å²) >= 11 is 0. The number of nitrogens with one attached hydrogen (secondary N) is 5. The lowest BCUT2D eigenvalue weighted by atomic mass is 9.98. The van der Waals surface area contributed by atoms with Gasteiger partial charge in [0.05, 0.1) is 17.9 Å². The summed E-state index contributed by atoms with van der Waals surface area (Å²) in [6.07, 6.45) is -0.444. The van der Waals surface area contributed by atoms with Gasteiger partial charge < -0.3 is 53.1 Å². The first-order chi connectivity index (χ1) is 20.1. The molecule has 6 atom stereocenters. The van der Waals surface area contributed by atoms with E-state index in [9.17, 15) is 53.4 Å². The maximum atomic E-state index is 13.1. The Morgan fingerprint density at radius 1 is 0.791 bits per heavy atom. The Hall–Kier alpha value is -5.10. The highest BCUT2D eigenvalue weighted by molar-refractivity contribution is 6.24. The molecule has 0 rings (SSSR count). The van der Waals surface area contributed by atoms with Gasteiger partial charge in [-0.2, -0.15) is 0 Å². The van der Waals surface area contributed by atoms with Crippen LogP contribution in [0.1, 0.15) is 39.5 Å². The summed E-state index contributed by atoms with van der Waals surface area (Å²) in [5, 5.41) is 29.7. The summed E-state index contributed by atoms with van der Waals surface area (Å²) < 4.78 is 0. The first-order valence-electron chi connectivity index (χ1n) is 12.9. The van der Waals surface area contributed by atoms with E-state index >= 15 is 0 Å². The Labute approximate surface area is 245 Å². The van der Waals surface area contributed by atoms with Gasteiger partial charge in [-0.15, -0.1) is 0 Å².